The van der Waals surface area contributed by atoms with Crippen molar-refractivity contribution >= 4 is 11.9 Å². The molecule has 2 atom stereocenters. The number of aliphatic carboxylic acids is 1. The Hall–Kier alpha value is -1.10. The van der Waals surface area contributed by atoms with Gasteiger partial charge in [-0.15, -0.1) is 0 Å². The van der Waals surface area contributed by atoms with E-state index in [1.165, 1.54) is 0 Å². The first-order chi connectivity index (χ1) is 9.99. The molecule has 0 aromatic rings. The average Bonchev–Trinajstić information content (AvgIpc) is 2.97. The summed E-state index contributed by atoms with van der Waals surface area (Å²) < 4.78 is 0. The number of carbonyl (C=O) groups is 2. The maximum atomic E-state index is 13.0. The van der Waals surface area contributed by atoms with E-state index >= 15 is 0 Å². The molecule has 2 N–H and O–H groups in total. The van der Waals surface area contributed by atoms with Gasteiger partial charge in [-0.3, -0.25) is 9.59 Å². The van der Waals surface area contributed by atoms with Gasteiger partial charge in [-0.05, 0) is 38.6 Å². The van der Waals surface area contributed by atoms with Gasteiger partial charge in [0.25, 0.3) is 0 Å². The predicted molar refractivity (Wildman–Crippen MR) is 81.0 cm³/mol. The summed E-state index contributed by atoms with van der Waals surface area (Å²) in [4.78, 5) is 26.6. The van der Waals surface area contributed by atoms with Crippen LogP contribution < -0.4 is 5.32 Å². The fraction of sp³-hybridized carbons (Fsp3) is 0.875. The molecule has 2 aliphatic heterocycles. The largest absolute Gasteiger partial charge is 0.481 e. The minimum absolute atomic E-state index is 0.163. The van der Waals surface area contributed by atoms with E-state index in [1.807, 2.05) is 11.8 Å². The molecule has 0 bridgehead atoms. The molecule has 2 saturated heterocycles. The molecule has 2 aliphatic rings. The maximum absolute atomic E-state index is 13.0. The van der Waals surface area contributed by atoms with Crippen LogP contribution in [0, 0.1) is 10.8 Å². The standard InChI is InChI=1S/C16H28N2O3/c1-3-6-16(14(20)21)7-5-10-18(12-16)13(19)15(4-2)8-9-17-11-15/h17H,3-12H2,1-2H3,(H,20,21). The van der Waals surface area contributed by atoms with Crippen LogP contribution in [0.25, 0.3) is 0 Å². The Kier molecular flexibility index (Phi) is 4.91. The summed E-state index contributed by atoms with van der Waals surface area (Å²) in [5.41, 5.74) is -1.04. The molecular formula is C16H28N2O3. The van der Waals surface area contributed by atoms with Crippen molar-refractivity contribution < 1.29 is 14.7 Å². The second-order valence-corrected chi connectivity index (χ2v) is 6.73. The van der Waals surface area contributed by atoms with Gasteiger partial charge in [0.2, 0.25) is 5.91 Å². The van der Waals surface area contributed by atoms with Crippen LogP contribution in [-0.4, -0.2) is 48.1 Å². The first-order valence-electron chi connectivity index (χ1n) is 8.23. The number of carboxylic acid groups (broad SMARTS) is 1. The highest BCUT2D eigenvalue weighted by Crippen LogP contribution is 2.38. The Morgan fingerprint density at radius 1 is 1.24 bits per heavy atom. The molecular weight excluding hydrogens is 268 g/mol. The third-order valence-corrected chi connectivity index (χ3v) is 5.42. The van der Waals surface area contributed by atoms with Crippen LogP contribution in [0.3, 0.4) is 0 Å². The van der Waals surface area contributed by atoms with Crippen molar-refractivity contribution in [1.29, 1.82) is 0 Å². The zero-order valence-corrected chi connectivity index (χ0v) is 13.3. The van der Waals surface area contributed by atoms with E-state index < -0.39 is 11.4 Å². The molecule has 0 spiro atoms. The average molecular weight is 296 g/mol. The number of amides is 1. The van der Waals surface area contributed by atoms with Crippen molar-refractivity contribution in [3.63, 3.8) is 0 Å². The van der Waals surface area contributed by atoms with Gasteiger partial charge in [0.15, 0.2) is 0 Å². The third kappa shape index (κ3) is 2.93. The van der Waals surface area contributed by atoms with Gasteiger partial charge >= 0.3 is 5.97 Å². The van der Waals surface area contributed by atoms with Gasteiger partial charge < -0.3 is 15.3 Å². The molecule has 1 amide bonds. The van der Waals surface area contributed by atoms with E-state index in [2.05, 4.69) is 12.2 Å². The van der Waals surface area contributed by atoms with Crippen LogP contribution in [0.1, 0.15) is 52.4 Å². The van der Waals surface area contributed by atoms with Crippen LogP contribution in [-0.2, 0) is 9.59 Å². The number of likely N-dealkylation sites (tertiary alicyclic amines) is 1. The fourth-order valence-electron chi connectivity index (χ4n) is 3.98. The SMILES string of the molecule is CCCC1(C(=O)O)CCCN(C(=O)C2(CC)CCNC2)C1. The zero-order chi connectivity index (χ0) is 15.5. The lowest BCUT2D eigenvalue weighted by molar-refractivity contribution is -0.158. The molecule has 2 rings (SSSR count). The van der Waals surface area contributed by atoms with Crippen molar-refractivity contribution in [2.24, 2.45) is 10.8 Å². The van der Waals surface area contributed by atoms with Crippen LogP contribution in [0.15, 0.2) is 0 Å². The summed E-state index contributed by atoms with van der Waals surface area (Å²) in [6, 6.07) is 0. The van der Waals surface area contributed by atoms with Crippen molar-refractivity contribution in [2.75, 3.05) is 26.2 Å². The van der Waals surface area contributed by atoms with Crippen LogP contribution in [0.4, 0.5) is 0 Å². The van der Waals surface area contributed by atoms with Gasteiger partial charge in [-0.1, -0.05) is 20.3 Å². The first-order valence-corrected chi connectivity index (χ1v) is 8.23. The second kappa shape index (κ2) is 6.34. The Morgan fingerprint density at radius 3 is 2.52 bits per heavy atom. The quantitative estimate of drug-likeness (QED) is 0.812. The van der Waals surface area contributed by atoms with E-state index in [-0.39, 0.29) is 11.3 Å². The zero-order valence-electron chi connectivity index (χ0n) is 13.3. The van der Waals surface area contributed by atoms with Gasteiger partial charge in [0.1, 0.15) is 0 Å². The number of rotatable bonds is 5. The van der Waals surface area contributed by atoms with Crippen LogP contribution in [0.5, 0.6) is 0 Å². The van der Waals surface area contributed by atoms with Gasteiger partial charge in [0, 0.05) is 19.6 Å². The highest BCUT2D eigenvalue weighted by atomic mass is 16.4. The smallest absolute Gasteiger partial charge is 0.311 e. The lowest BCUT2D eigenvalue weighted by Gasteiger charge is -2.43. The molecule has 2 fully saturated rings. The first kappa shape index (κ1) is 16.3. The summed E-state index contributed by atoms with van der Waals surface area (Å²) in [7, 11) is 0. The van der Waals surface area contributed by atoms with Crippen molar-refractivity contribution in [3.8, 4) is 0 Å². The lowest BCUT2D eigenvalue weighted by Crippen LogP contribution is -2.54. The van der Waals surface area contributed by atoms with Gasteiger partial charge in [-0.2, -0.15) is 0 Å². The fourth-order valence-corrected chi connectivity index (χ4v) is 3.98. The van der Waals surface area contributed by atoms with E-state index in [0.29, 0.717) is 25.9 Å². The minimum Gasteiger partial charge on any atom is -0.481 e. The molecule has 120 valence electrons. The highest BCUT2D eigenvalue weighted by Gasteiger charge is 2.47. The molecule has 2 heterocycles. The van der Waals surface area contributed by atoms with Crippen LogP contribution in [0.2, 0.25) is 0 Å². The molecule has 0 aliphatic carbocycles. The van der Waals surface area contributed by atoms with Crippen molar-refractivity contribution in [3.05, 3.63) is 0 Å². The number of carboxylic acids is 1. The highest BCUT2D eigenvalue weighted by molar-refractivity contribution is 5.85. The molecule has 5 heteroatoms. The summed E-state index contributed by atoms with van der Waals surface area (Å²) in [6.45, 7) is 6.78. The number of nitrogens with zero attached hydrogens (tertiary/aromatic N) is 1. The van der Waals surface area contributed by atoms with E-state index in [0.717, 1.165) is 38.8 Å². The Bertz CT molecular complexity index is 400. The van der Waals surface area contributed by atoms with Crippen molar-refractivity contribution in [2.45, 2.75) is 52.4 Å². The molecule has 0 saturated carbocycles. The summed E-state index contributed by atoms with van der Waals surface area (Å²) in [5, 5.41) is 12.9. The van der Waals surface area contributed by atoms with E-state index in [9.17, 15) is 14.7 Å². The molecule has 0 aromatic carbocycles. The molecule has 0 radical (unpaired) electrons. The predicted octanol–water partition coefficient (Wildman–Crippen LogP) is 1.87. The van der Waals surface area contributed by atoms with E-state index in [1.54, 1.807) is 0 Å². The Morgan fingerprint density at radius 2 is 2.00 bits per heavy atom. The van der Waals surface area contributed by atoms with Crippen LogP contribution >= 0.6 is 0 Å². The molecule has 21 heavy (non-hydrogen) atoms. The summed E-state index contributed by atoms with van der Waals surface area (Å²) >= 11 is 0. The number of nitrogens with one attached hydrogen (secondary N) is 1. The number of hydrogen-bond donors (Lipinski definition) is 2. The monoisotopic (exact) mass is 296 g/mol. The minimum atomic E-state index is -0.739. The topological polar surface area (TPSA) is 69.6 Å². The Labute approximate surface area is 127 Å². The lowest BCUT2D eigenvalue weighted by atomic mass is 9.75. The molecule has 5 nitrogen and oxygen atoms in total. The van der Waals surface area contributed by atoms with Gasteiger partial charge in [0.05, 0.1) is 10.8 Å². The van der Waals surface area contributed by atoms with Crippen molar-refractivity contribution in [1.82, 2.24) is 10.2 Å². The van der Waals surface area contributed by atoms with Gasteiger partial charge in [-0.25, -0.2) is 0 Å². The normalized spacial score (nSPS) is 33.1. The second-order valence-electron chi connectivity index (χ2n) is 6.73. The number of hydrogen-bond acceptors (Lipinski definition) is 3. The van der Waals surface area contributed by atoms with E-state index in [4.69, 9.17) is 0 Å². The number of carbonyl (C=O) groups excluding carboxylic acids is 1. The molecule has 0 aromatic heterocycles. The summed E-state index contributed by atoms with van der Waals surface area (Å²) in [5.74, 6) is -0.576. The molecule has 2 unspecified atom stereocenters. The Balaban J connectivity index is 2.16. The summed E-state index contributed by atoms with van der Waals surface area (Å²) in [6.07, 6.45) is 4.68. The maximum Gasteiger partial charge on any atom is 0.311 e. The number of piperidine rings is 1. The third-order valence-electron chi connectivity index (χ3n) is 5.42.